The molecule has 6 aromatic rings. The first-order valence-electron chi connectivity index (χ1n) is 14.2. The normalized spacial score (nSPS) is 10.3. The number of halogens is 2. The van der Waals surface area contributed by atoms with E-state index in [9.17, 15) is 0 Å². The molecule has 208 valence electrons. The Labute approximate surface area is 268 Å². The molecule has 0 saturated heterocycles. The predicted octanol–water partition coefficient (Wildman–Crippen LogP) is 4.90. The number of hydrogen-bond acceptors (Lipinski definition) is 0. The van der Waals surface area contributed by atoms with Gasteiger partial charge < -0.3 is 24.8 Å². The second-order valence-corrected chi connectivity index (χ2v) is 19.9. The minimum absolute atomic E-state index is 0. The van der Waals surface area contributed by atoms with E-state index in [0.29, 0.717) is 0 Å². The van der Waals surface area contributed by atoms with E-state index in [0.717, 1.165) is 0 Å². The average molecular weight is 663 g/mol. The number of benzene rings is 4. The fourth-order valence-corrected chi connectivity index (χ4v) is 5.10. The largest absolute Gasteiger partial charge is 1.00 e. The molecule has 0 bridgehead atoms. The molecule has 0 spiro atoms. The molecule has 6 aromatic carbocycles. The van der Waals surface area contributed by atoms with Gasteiger partial charge in [0.1, 0.15) is 0 Å². The number of aryl methyl sites for hydroxylation is 2. The van der Waals surface area contributed by atoms with Crippen LogP contribution in [-0.4, -0.2) is 5.43 Å². The third-order valence-electron chi connectivity index (χ3n) is 6.99. The van der Waals surface area contributed by atoms with Crippen LogP contribution in [0.4, 0.5) is 0 Å². The molecule has 0 aliphatic rings. The Morgan fingerprint density at radius 1 is 0.575 bits per heavy atom. The SMILES string of the molecule is CCCCc1cc2ccc3ccccc3c2[cH-]1.CCCCc1cc2ccc3ccccc3c2[cH-]1.C[Si](C)=[Zr+2].[Cl-].[Cl-]. The van der Waals surface area contributed by atoms with Gasteiger partial charge in [0.05, 0.1) is 0 Å². The van der Waals surface area contributed by atoms with Gasteiger partial charge in [0.15, 0.2) is 0 Å². The molecule has 4 heteroatoms. The van der Waals surface area contributed by atoms with Crippen LogP contribution in [0.15, 0.2) is 97.1 Å². The summed E-state index contributed by atoms with van der Waals surface area (Å²) in [6, 6.07) is 35.6. The van der Waals surface area contributed by atoms with Crippen molar-refractivity contribution in [1.29, 1.82) is 0 Å². The van der Waals surface area contributed by atoms with E-state index < -0.39 is 0 Å². The van der Waals surface area contributed by atoms with Gasteiger partial charge in [-0.1, -0.05) is 122 Å². The third kappa shape index (κ3) is 9.15. The molecule has 6 rings (SSSR count). The summed E-state index contributed by atoms with van der Waals surface area (Å²) in [7, 11) is 0. The van der Waals surface area contributed by atoms with Crippen molar-refractivity contribution in [3.8, 4) is 0 Å². The quantitative estimate of drug-likeness (QED) is 0.176. The number of rotatable bonds is 6. The first-order valence-corrected chi connectivity index (χ1v) is 20.3. The van der Waals surface area contributed by atoms with Crippen molar-refractivity contribution < 1.29 is 48.1 Å². The van der Waals surface area contributed by atoms with Crippen molar-refractivity contribution in [1.82, 2.24) is 0 Å². The van der Waals surface area contributed by atoms with Gasteiger partial charge in [0.25, 0.3) is 0 Å². The molecule has 0 heterocycles. The molecule has 40 heavy (non-hydrogen) atoms. The van der Waals surface area contributed by atoms with Crippen LogP contribution in [-0.2, 0) is 36.2 Å². The van der Waals surface area contributed by atoms with Crippen LogP contribution in [0, 0.1) is 0 Å². The van der Waals surface area contributed by atoms with Gasteiger partial charge in [-0.05, 0) is 12.8 Å². The molecular weight excluding hydrogens is 623 g/mol. The molecule has 0 fully saturated rings. The van der Waals surface area contributed by atoms with Gasteiger partial charge in [-0.2, -0.15) is 12.1 Å². The Kier molecular flexibility index (Phi) is 14.9. The third-order valence-corrected chi connectivity index (χ3v) is 6.99. The number of fused-ring (bicyclic) bond motifs is 6. The van der Waals surface area contributed by atoms with Crippen LogP contribution < -0.4 is 24.8 Å². The van der Waals surface area contributed by atoms with E-state index in [1.165, 1.54) is 92.7 Å². The second kappa shape index (κ2) is 17.3. The number of unbranched alkanes of at least 4 members (excludes halogenated alkanes) is 2. The fraction of sp³-hybridized carbons (Fsp3) is 0.278. The summed E-state index contributed by atoms with van der Waals surface area (Å²) in [4.78, 5) is 0. The van der Waals surface area contributed by atoms with Crippen molar-refractivity contribution in [2.45, 2.75) is 65.5 Å². The van der Waals surface area contributed by atoms with Crippen LogP contribution >= 0.6 is 0 Å². The second-order valence-electron chi connectivity index (χ2n) is 10.5. The fourth-order valence-electron chi connectivity index (χ4n) is 5.10. The maximum absolute atomic E-state index is 2.37. The topological polar surface area (TPSA) is 0 Å². The average Bonchev–Trinajstić information content (AvgIpc) is 3.55. The van der Waals surface area contributed by atoms with E-state index in [-0.39, 0.29) is 30.2 Å². The van der Waals surface area contributed by atoms with Crippen LogP contribution in [0.1, 0.15) is 50.7 Å². The summed E-state index contributed by atoms with van der Waals surface area (Å²) >= 11 is 1.74. The molecule has 0 amide bonds. The minimum Gasteiger partial charge on any atom is -1.00 e. The Morgan fingerprint density at radius 2 is 0.925 bits per heavy atom. The smallest absolute Gasteiger partial charge is 1.00 e. The maximum Gasteiger partial charge on any atom is -1.00 e. The monoisotopic (exact) mass is 660 g/mol. The molecule has 0 saturated carbocycles. The summed E-state index contributed by atoms with van der Waals surface area (Å²) in [6.45, 7) is 9.11. The molecule has 0 nitrogen and oxygen atoms in total. The summed E-state index contributed by atoms with van der Waals surface area (Å²) in [5.41, 5.74) is 3.18. The first kappa shape index (κ1) is 34.5. The van der Waals surface area contributed by atoms with E-state index in [1.54, 1.807) is 23.3 Å². The zero-order chi connectivity index (χ0) is 26.9. The predicted molar refractivity (Wildman–Crippen MR) is 169 cm³/mol. The van der Waals surface area contributed by atoms with E-state index in [4.69, 9.17) is 0 Å². The standard InChI is InChI=1S/2C17H17.C2H6Si.2ClH.Zr/c2*1-2-3-6-13-11-15-10-9-14-7-4-5-8-16(14)17(15)12-13;1-3-2;;;/h2*4-5,7-12H,2-3,6H2,1H3;1-2H3;2*1H;/q2*-1;;;;+2/p-2. The summed E-state index contributed by atoms with van der Waals surface area (Å²) in [5.74, 6) is 0. The molecule has 0 aliphatic carbocycles. The van der Waals surface area contributed by atoms with E-state index in [1.807, 2.05) is 0 Å². The van der Waals surface area contributed by atoms with Gasteiger partial charge >= 0.3 is 41.9 Å². The van der Waals surface area contributed by atoms with Gasteiger partial charge in [-0.3, -0.25) is 0 Å². The van der Waals surface area contributed by atoms with Crippen molar-refractivity contribution in [3.05, 3.63) is 108 Å². The summed E-state index contributed by atoms with van der Waals surface area (Å²) in [6.07, 6.45) is 7.52. The Bertz CT molecular complexity index is 1520. The summed E-state index contributed by atoms with van der Waals surface area (Å²) in [5, 5.41) is 11.0. The van der Waals surface area contributed by atoms with Crippen molar-refractivity contribution in [2.24, 2.45) is 0 Å². The first-order chi connectivity index (χ1) is 18.5. The zero-order valence-electron chi connectivity index (χ0n) is 24.2. The van der Waals surface area contributed by atoms with Crippen molar-refractivity contribution >= 4 is 48.5 Å². The Morgan fingerprint density at radius 3 is 1.30 bits per heavy atom. The molecule has 0 unspecified atom stereocenters. The van der Waals surface area contributed by atoms with E-state index in [2.05, 4.69) is 124 Å². The van der Waals surface area contributed by atoms with Gasteiger partial charge in [0, 0.05) is 0 Å². The molecular formula is C36H40Cl2SiZr-2. The van der Waals surface area contributed by atoms with Crippen LogP contribution in [0.25, 0.3) is 43.1 Å². The van der Waals surface area contributed by atoms with Crippen LogP contribution in [0.3, 0.4) is 0 Å². The van der Waals surface area contributed by atoms with Crippen LogP contribution in [0.5, 0.6) is 0 Å². The molecule has 0 atom stereocenters. The molecule has 0 aromatic heterocycles. The summed E-state index contributed by atoms with van der Waals surface area (Å²) < 4.78 is 0. The van der Waals surface area contributed by atoms with E-state index >= 15 is 0 Å². The van der Waals surface area contributed by atoms with Crippen molar-refractivity contribution in [2.75, 3.05) is 0 Å². The van der Waals surface area contributed by atoms with Gasteiger partial charge in [0.2, 0.25) is 0 Å². The Hall–Kier alpha value is -1.70. The maximum atomic E-state index is 2.37. The number of hydrogen-bond donors (Lipinski definition) is 0. The van der Waals surface area contributed by atoms with Gasteiger partial charge in [-0.15, -0.1) is 56.9 Å². The molecule has 0 aliphatic heterocycles. The van der Waals surface area contributed by atoms with Crippen LogP contribution in [0.2, 0.25) is 13.1 Å². The van der Waals surface area contributed by atoms with Crippen molar-refractivity contribution in [3.63, 3.8) is 0 Å². The molecule has 0 radical (unpaired) electrons. The molecule has 0 N–H and O–H groups in total. The zero-order valence-corrected chi connectivity index (χ0v) is 29.2. The minimum atomic E-state index is 0. The Balaban J connectivity index is 0.000000237. The van der Waals surface area contributed by atoms with Gasteiger partial charge in [-0.25, -0.2) is 0 Å².